The van der Waals surface area contributed by atoms with Crippen LogP contribution in [-0.4, -0.2) is 19.9 Å². The van der Waals surface area contributed by atoms with Gasteiger partial charge in [-0.2, -0.15) is 0 Å². The van der Waals surface area contributed by atoms with Gasteiger partial charge in [0.2, 0.25) is 0 Å². The summed E-state index contributed by atoms with van der Waals surface area (Å²) in [5.41, 5.74) is 10.0. The summed E-state index contributed by atoms with van der Waals surface area (Å²) >= 11 is 0. The van der Waals surface area contributed by atoms with E-state index in [9.17, 15) is 0 Å². The Kier molecular flexibility index (Phi) is 8.17. The van der Waals surface area contributed by atoms with Crippen LogP contribution in [0.25, 0.3) is 43.6 Å². The number of nitrogens with one attached hydrogen (secondary N) is 4. The van der Waals surface area contributed by atoms with Gasteiger partial charge in [0, 0.05) is 51.7 Å². The first-order valence-electron chi connectivity index (χ1n) is 13.6. The maximum atomic E-state index is 3.26. The molecular formula is C36H36N4. The van der Waals surface area contributed by atoms with Crippen LogP contribution in [0.3, 0.4) is 0 Å². The molecule has 4 N–H and O–H groups in total. The third kappa shape index (κ3) is 6.54. The molecule has 0 spiro atoms. The molecule has 0 aliphatic carbocycles. The highest BCUT2D eigenvalue weighted by Gasteiger charge is 1.95. The Bertz CT molecular complexity index is 1850. The fourth-order valence-electron chi connectivity index (χ4n) is 4.77. The average molecular weight is 525 g/mol. The van der Waals surface area contributed by atoms with Crippen LogP contribution in [0.5, 0.6) is 0 Å². The fourth-order valence-corrected chi connectivity index (χ4v) is 4.77. The lowest BCUT2D eigenvalue weighted by atomic mass is 10.2. The van der Waals surface area contributed by atoms with Crippen molar-refractivity contribution in [2.45, 2.75) is 27.7 Å². The van der Waals surface area contributed by atoms with Gasteiger partial charge in [0.15, 0.2) is 0 Å². The van der Waals surface area contributed by atoms with E-state index >= 15 is 0 Å². The highest BCUT2D eigenvalue weighted by Crippen LogP contribution is 2.16. The Hall–Kier alpha value is -4.96. The van der Waals surface area contributed by atoms with E-state index in [2.05, 4.69) is 139 Å². The Labute approximate surface area is 235 Å². The highest BCUT2D eigenvalue weighted by molar-refractivity contribution is 5.83. The zero-order valence-corrected chi connectivity index (χ0v) is 23.5. The van der Waals surface area contributed by atoms with Crippen molar-refractivity contribution in [1.29, 1.82) is 0 Å². The standard InChI is InChI=1S/4C9H9N/c1-7-2-3-9-8(6-7)4-5-10-9;1-7-2-3-8-4-5-10-9(8)6-7;1-7-6-10-9-5-3-2-4-8(7)9;1-7-6-8-4-2-3-5-9(8)10-7/h4*2-6,10H,1H3. The van der Waals surface area contributed by atoms with Crippen LogP contribution in [0.15, 0.2) is 122 Å². The van der Waals surface area contributed by atoms with E-state index in [0.29, 0.717) is 0 Å². The van der Waals surface area contributed by atoms with E-state index in [4.69, 9.17) is 0 Å². The molecular weight excluding hydrogens is 488 g/mol. The number of benzene rings is 4. The molecule has 40 heavy (non-hydrogen) atoms. The van der Waals surface area contributed by atoms with Crippen molar-refractivity contribution in [1.82, 2.24) is 19.9 Å². The van der Waals surface area contributed by atoms with Crippen molar-refractivity contribution < 1.29 is 0 Å². The van der Waals surface area contributed by atoms with E-state index in [1.54, 1.807) is 0 Å². The Morgan fingerprint density at radius 1 is 0.450 bits per heavy atom. The summed E-state index contributed by atoms with van der Waals surface area (Å²) in [7, 11) is 0. The van der Waals surface area contributed by atoms with Gasteiger partial charge in [-0.25, -0.2) is 0 Å². The van der Waals surface area contributed by atoms with E-state index in [1.165, 1.54) is 66.0 Å². The Morgan fingerprint density at radius 3 is 1.90 bits per heavy atom. The van der Waals surface area contributed by atoms with Crippen LogP contribution in [0.1, 0.15) is 22.4 Å². The van der Waals surface area contributed by atoms with Crippen molar-refractivity contribution in [2.75, 3.05) is 0 Å². The van der Waals surface area contributed by atoms with Crippen LogP contribution in [0.4, 0.5) is 0 Å². The number of aromatic nitrogens is 4. The maximum Gasteiger partial charge on any atom is 0.0456 e. The highest BCUT2D eigenvalue weighted by atomic mass is 14.7. The third-order valence-corrected chi connectivity index (χ3v) is 6.88. The molecule has 0 atom stereocenters. The minimum atomic E-state index is 1.21. The first-order chi connectivity index (χ1) is 19.5. The predicted molar refractivity (Wildman–Crippen MR) is 172 cm³/mol. The van der Waals surface area contributed by atoms with E-state index < -0.39 is 0 Å². The monoisotopic (exact) mass is 524 g/mol. The molecule has 0 aliphatic heterocycles. The number of hydrogen-bond donors (Lipinski definition) is 4. The molecule has 4 heteroatoms. The van der Waals surface area contributed by atoms with Crippen molar-refractivity contribution >= 4 is 43.6 Å². The second-order valence-electron chi connectivity index (χ2n) is 10.2. The van der Waals surface area contributed by atoms with Gasteiger partial charge in [-0.1, -0.05) is 60.2 Å². The lowest BCUT2D eigenvalue weighted by Crippen LogP contribution is -1.70. The van der Waals surface area contributed by atoms with Crippen LogP contribution in [-0.2, 0) is 0 Å². The molecule has 0 aliphatic rings. The summed E-state index contributed by atoms with van der Waals surface area (Å²) < 4.78 is 0. The number of H-pyrrole nitrogens is 4. The summed E-state index contributed by atoms with van der Waals surface area (Å²) in [6.07, 6.45) is 5.96. The van der Waals surface area contributed by atoms with Gasteiger partial charge in [-0.05, 0) is 104 Å². The summed E-state index contributed by atoms with van der Waals surface area (Å²) in [4.78, 5) is 12.8. The zero-order chi connectivity index (χ0) is 27.9. The molecule has 0 radical (unpaired) electrons. The van der Waals surface area contributed by atoms with E-state index in [0.717, 1.165) is 0 Å². The maximum absolute atomic E-state index is 3.26. The first kappa shape index (κ1) is 26.6. The predicted octanol–water partition coefficient (Wildman–Crippen LogP) is 9.91. The smallest absolute Gasteiger partial charge is 0.0456 e. The number of aromatic amines is 4. The summed E-state index contributed by atoms with van der Waals surface area (Å²) in [5, 5.41) is 5.19. The van der Waals surface area contributed by atoms with Crippen molar-refractivity contribution in [3.05, 3.63) is 144 Å². The second kappa shape index (κ2) is 12.3. The fraction of sp³-hybridized carbons (Fsp3) is 0.111. The number of hydrogen-bond acceptors (Lipinski definition) is 0. The first-order valence-corrected chi connectivity index (χ1v) is 13.6. The normalized spacial score (nSPS) is 10.5. The lowest BCUT2D eigenvalue weighted by Gasteiger charge is -1.90. The largest absolute Gasteiger partial charge is 0.361 e. The minimum absolute atomic E-state index is 1.21. The van der Waals surface area contributed by atoms with Crippen molar-refractivity contribution in [3.63, 3.8) is 0 Å². The molecule has 4 heterocycles. The van der Waals surface area contributed by atoms with Gasteiger partial charge in [-0.15, -0.1) is 0 Å². The number of para-hydroxylation sites is 2. The number of aryl methyl sites for hydroxylation is 4. The molecule has 4 nitrogen and oxygen atoms in total. The quantitative estimate of drug-likeness (QED) is 0.153. The number of fused-ring (bicyclic) bond motifs is 4. The summed E-state index contributed by atoms with van der Waals surface area (Å²) in [5.74, 6) is 0. The van der Waals surface area contributed by atoms with Gasteiger partial charge in [0.05, 0.1) is 0 Å². The molecule has 0 bridgehead atoms. The molecule has 4 aromatic carbocycles. The molecule has 0 unspecified atom stereocenters. The van der Waals surface area contributed by atoms with Gasteiger partial charge >= 0.3 is 0 Å². The zero-order valence-electron chi connectivity index (χ0n) is 23.5. The van der Waals surface area contributed by atoms with E-state index in [-0.39, 0.29) is 0 Å². The lowest BCUT2D eigenvalue weighted by molar-refractivity contribution is 1.30. The number of rotatable bonds is 0. The molecule has 0 saturated heterocycles. The van der Waals surface area contributed by atoms with Gasteiger partial charge in [-0.3, -0.25) is 0 Å². The van der Waals surface area contributed by atoms with Crippen LogP contribution in [0, 0.1) is 27.7 Å². The summed E-state index contributed by atoms with van der Waals surface area (Å²) in [6, 6.07) is 35.7. The van der Waals surface area contributed by atoms with Crippen molar-refractivity contribution in [2.24, 2.45) is 0 Å². The molecule has 4 aromatic heterocycles. The SMILES string of the molecule is Cc1c[nH]c2ccccc12.Cc1cc2ccccc2[nH]1.Cc1ccc2[nH]ccc2c1.Cc1ccc2cc[nH]c2c1. The molecule has 8 rings (SSSR count). The molecule has 0 fully saturated rings. The van der Waals surface area contributed by atoms with Gasteiger partial charge in [0.25, 0.3) is 0 Å². The molecule has 200 valence electrons. The average Bonchev–Trinajstić information content (AvgIpc) is 3.76. The molecule has 0 saturated carbocycles. The van der Waals surface area contributed by atoms with Gasteiger partial charge < -0.3 is 19.9 Å². The molecule has 0 amide bonds. The molecule has 8 aromatic rings. The van der Waals surface area contributed by atoms with Crippen LogP contribution in [0.2, 0.25) is 0 Å². The Balaban J connectivity index is 0.000000108. The van der Waals surface area contributed by atoms with E-state index in [1.807, 2.05) is 30.7 Å². The minimum Gasteiger partial charge on any atom is -0.361 e. The topological polar surface area (TPSA) is 63.2 Å². The van der Waals surface area contributed by atoms with Crippen molar-refractivity contribution in [3.8, 4) is 0 Å². The Morgan fingerprint density at radius 2 is 1.10 bits per heavy atom. The third-order valence-electron chi connectivity index (χ3n) is 6.88. The second-order valence-corrected chi connectivity index (χ2v) is 10.2. The van der Waals surface area contributed by atoms with Crippen LogP contribution < -0.4 is 0 Å². The van der Waals surface area contributed by atoms with Crippen LogP contribution >= 0.6 is 0 Å². The summed E-state index contributed by atoms with van der Waals surface area (Å²) in [6.45, 7) is 8.38. The van der Waals surface area contributed by atoms with Gasteiger partial charge in [0.1, 0.15) is 0 Å².